The highest BCUT2D eigenvalue weighted by molar-refractivity contribution is 6.34. The molecule has 0 bridgehead atoms. The topological polar surface area (TPSA) is 38.9 Å². The molecule has 3 rings (SSSR count). The minimum atomic E-state index is 0.468. The van der Waals surface area contributed by atoms with E-state index in [4.69, 9.17) is 27.7 Å². The molecular weight excluding hydrogens is 271 g/mol. The lowest BCUT2D eigenvalue weighted by Gasteiger charge is -1.94. The summed E-state index contributed by atoms with van der Waals surface area (Å²) in [6, 6.07) is 7.27. The lowest BCUT2D eigenvalue weighted by Crippen LogP contribution is -1.84. The number of allylic oxidation sites excluding steroid dienone is 4. The van der Waals surface area contributed by atoms with Crippen molar-refractivity contribution < 1.29 is 4.52 Å². The first-order valence-electron chi connectivity index (χ1n) is 5.39. The van der Waals surface area contributed by atoms with Crippen LogP contribution in [-0.4, -0.2) is 10.1 Å². The van der Waals surface area contributed by atoms with Crippen LogP contribution >= 0.6 is 23.2 Å². The first kappa shape index (κ1) is 11.5. The number of benzene rings is 1. The maximum absolute atomic E-state index is 6.04. The zero-order valence-electron chi connectivity index (χ0n) is 9.23. The van der Waals surface area contributed by atoms with E-state index in [0.717, 1.165) is 17.6 Å². The fourth-order valence-electron chi connectivity index (χ4n) is 1.73. The second-order valence-corrected chi connectivity index (χ2v) is 4.71. The molecule has 0 unspecified atom stereocenters. The molecule has 1 heterocycles. The summed E-state index contributed by atoms with van der Waals surface area (Å²) in [5.74, 6) is 1.00. The van der Waals surface area contributed by atoms with Crippen molar-refractivity contribution >= 4 is 28.8 Å². The summed E-state index contributed by atoms with van der Waals surface area (Å²) in [6.07, 6.45) is 4.52. The van der Waals surface area contributed by atoms with Crippen LogP contribution in [0.25, 0.3) is 17.0 Å². The van der Waals surface area contributed by atoms with Gasteiger partial charge in [0.2, 0.25) is 5.82 Å². The van der Waals surface area contributed by atoms with Crippen LogP contribution in [0.5, 0.6) is 0 Å². The molecule has 0 fully saturated rings. The molecule has 0 N–H and O–H groups in total. The second-order valence-electron chi connectivity index (χ2n) is 3.86. The normalized spacial score (nSPS) is 14.6. The third-order valence-electron chi connectivity index (χ3n) is 2.66. The fourth-order valence-corrected chi connectivity index (χ4v) is 2.10. The van der Waals surface area contributed by atoms with Crippen LogP contribution in [0.3, 0.4) is 0 Å². The largest absolute Gasteiger partial charge is 0.334 e. The Balaban J connectivity index is 1.95. The molecule has 5 heteroatoms. The molecule has 2 aromatic rings. The van der Waals surface area contributed by atoms with Gasteiger partial charge in [0.05, 0.1) is 0 Å². The third-order valence-corrected chi connectivity index (χ3v) is 3.27. The number of halogens is 2. The van der Waals surface area contributed by atoms with Crippen molar-refractivity contribution in [1.82, 2.24) is 10.1 Å². The van der Waals surface area contributed by atoms with E-state index in [-0.39, 0.29) is 0 Å². The Morgan fingerprint density at radius 3 is 2.56 bits per heavy atom. The number of hydrogen-bond donors (Lipinski definition) is 0. The molecule has 18 heavy (non-hydrogen) atoms. The highest BCUT2D eigenvalue weighted by Gasteiger charge is 2.17. The van der Waals surface area contributed by atoms with Gasteiger partial charge in [0.25, 0.3) is 5.89 Å². The Bertz CT molecular complexity index is 641. The molecule has 0 aliphatic heterocycles. The molecule has 0 spiro atoms. The molecular formula is C13H8Cl2N2O. The Labute approximate surface area is 114 Å². The lowest BCUT2D eigenvalue weighted by atomic mass is 10.2. The Morgan fingerprint density at radius 2 is 1.89 bits per heavy atom. The monoisotopic (exact) mass is 278 g/mol. The van der Waals surface area contributed by atoms with Crippen molar-refractivity contribution in [1.29, 1.82) is 0 Å². The summed E-state index contributed by atoms with van der Waals surface area (Å²) in [5.41, 5.74) is 1.72. The first-order valence-corrected chi connectivity index (χ1v) is 6.15. The minimum absolute atomic E-state index is 0.468. The summed E-state index contributed by atoms with van der Waals surface area (Å²) in [5, 5.41) is 5.27. The highest BCUT2D eigenvalue weighted by atomic mass is 35.5. The average molecular weight is 279 g/mol. The van der Waals surface area contributed by atoms with E-state index in [9.17, 15) is 0 Å². The maximum Gasteiger partial charge on any atom is 0.255 e. The van der Waals surface area contributed by atoms with Crippen LogP contribution < -0.4 is 0 Å². The van der Waals surface area contributed by atoms with Crippen molar-refractivity contribution in [2.75, 3.05) is 0 Å². The van der Waals surface area contributed by atoms with E-state index < -0.39 is 0 Å². The summed E-state index contributed by atoms with van der Waals surface area (Å²) >= 11 is 11.9. The number of rotatable bonds is 2. The number of aromatic nitrogens is 2. The van der Waals surface area contributed by atoms with E-state index in [1.165, 1.54) is 0 Å². The summed E-state index contributed by atoms with van der Waals surface area (Å²) in [4.78, 5) is 4.34. The predicted molar refractivity (Wildman–Crippen MR) is 71.3 cm³/mol. The van der Waals surface area contributed by atoms with Crippen molar-refractivity contribution in [2.45, 2.75) is 6.42 Å². The van der Waals surface area contributed by atoms with Crippen LogP contribution in [0.1, 0.15) is 12.3 Å². The molecule has 1 aromatic heterocycles. The quantitative estimate of drug-likeness (QED) is 0.822. The zero-order valence-corrected chi connectivity index (χ0v) is 10.7. The molecule has 0 atom stereocenters. The van der Waals surface area contributed by atoms with E-state index >= 15 is 0 Å². The third kappa shape index (κ3) is 2.07. The van der Waals surface area contributed by atoms with Crippen LogP contribution in [0, 0.1) is 0 Å². The van der Waals surface area contributed by atoms with Crippen molar-refractivity contribution in [3.8, 4) is 11.4 Å². The summed E-state index contributed by atoms with van der Waals surface area (Å²) in [6.45, 7) is 0. The van der Waals surface area contributed by atoms with Gasteiger partial charge in [-0.05, 0) is 36.8 Å². The smallest absolute Gasteiger partial charge is 0.255 e. The Hall–Kier alpha value is -1.58. The van der Waals surface area contributed by atoms with Crippen molar-refractivity contribution in [3.05, 3.63) is 52.4 Å². The lowest BCUT2D eigenvalue weighted by molar-refractivity contribution is 0.407. The first-order chi connectivity index (χ1) is 8.74. The minimum Gasteiger partial charge on any atom is -0.334 e. The van der Waals surface area contributed by atoms with Crippen LogP contribution in [0.15, 0.2) is 46.0 Å². The Morgan fingerprint density at radius 1 is 1.11 bits per heavy atom. The van der Waals surface area contributed by atoms with Gasteiger partial charge in [-0.25, -0.2) is 0 Å². The van der Waals surface area contributed by atoms with E-state index in [1.54, 1.807) is 12.1 Å². The van der Waals surface area contributed by atoms with E-state index in [1.807, 2.05) is 24.3 Å². The second kappa shape index (κ2) is 4.59. The zero-order chi connectivity index (χ0) is 12.5. The van der Waals surface area contributed by atoms with Gasteiger partial charge in [-0.3, -0.25) is 0 Å². The van der Waals surface area contributed by atoms with Gasteiger partial charge in [-0.1, -0.05) is 34.4 Å². The molecule has 3 nitrogen and oxygen atoms in total. The highest BCUT2D eigenvalue weighted by Crippen LogP contribution is 2.31. The fraction of sp³-hybridized carbons (Fsp3) is 0.0769. The van der Waals surface area contributed by atoms with Crippen LogP contribution in [-0.2, 0) is 0 Å². The van der Waals surface area contributed by atoms with E-state index in [2.05, 4.69) is 10.1 Å². The van der Waals surface area contributed by atoms with Gasteiger partial charge >= 0.3 is 0 Å². The van der Waals surface area contributed by atoms with Gasteiger partial charge in [-0.2, -0.15) is 4.98 Å². The summed E-state index contributed by atoms with van der Waals surface area (Å²) in [7, 11) is 0. The molecule has 90 valence electrons. The molecule has 0 saturated heterocycles. The molecule has 1 aromatic carbocycles. The molecule has 0 saturated carbocycles. The molecule has 0 amide bonds. The summed E-state index contributed by atoms with van der Waals surface area (Å²) < 4.78 is 5.23. The number of nitrogens with zero attached hydrogens (tertiary/aromatic N) is 2. The van der Waals surface area contributed by atoms with Crippen molar-refractivity contribution in [3.63, 3.8) is 0 Å². The standard InChI is InChI=1S/C13H8Cl2N2O/c14-9-6-4-8(5-7-9)12-16-13(18-17-12)10-2-1-3-11(10)15/h1,3-7H,2H2. The van der Waals surface area contributed by atoms with Crippen LogP contribution in [0.2, 0.25) is 5.02 Å². The van der Waals surface area contributed by atoms with E-state index in [0.29, 0.717) is 21.8 Å². The van der Waals surface area contributed by atoms with Gasteiger partial charge in [0.1, 0.15) is 0 Å². The van der Waals surface area contributed by atoms with Gasteiger partial charge in [0.15, 0.2) is 0 Å². The van der Waals surface area contributed by atoms with Crippen LogP contribution in [0.4, 0.5) is 0 Å². The molecule has 0 radical (unpaired) electrons. The van der Waals surface area contributed by atoms with Gasteiger partial charge in [-0.15, -0.1) is 0 Å². The van der Waals surface area contributed by atoms with Gasteiger partial charge in [0, 0.05) is 21.2 Å². The Kier molecular flexibility index (Phi) is 2.94. The number of hydrogen-bond acceptors (Lipinski definition) is 3. The average Bonchev–Trinajstić information content (AvgIpc) is 2.98. The molecule has 1 aliphatic carbocycles. The van der Waals surface area contributed by atoms with Crippen molar-refractivity contribution in [2.24, 2.45) is 0 Å². The molecule has 1 aliphatic rings. The predicted octanol–water partition coefficient (Wildman–Crippen LogP) is 4.30. The SMILES string of the molecule is ClC1=C(c2nc(-c3ccc(Cl)cc3)no2)CC=C1. The van der Waals surface area contributed by atoms with Gasteiger partial charge < -0.3 is 4.52 Å². The maximum atomic E-state index is 6.04.